The van der Waals surface area contributed by atoms with Crippen LogP contribution >= 0.6 is 0 Å². The van der Waals surface area contributed by atoms with E-state index in [4.69, 9.17) is 5.73 Å². The number of nitrogens with one attached hydrogen (secondary N) is 2. The van der Waals surface area contributed by atoms with Crippen molar-refractivity contribution in [1.82, 2.24) is 9.97 Å². The van der Waals surface area contributed by atoms with E-state index in [0.717, 1.165) is 22.2 Å². The number of benzene rings is 1. The van der Waals surface area contributed by atoms with Crippen molar-refractivity contribution in [2.75, 3.05) is 5.32 Å². The molecule has 0 aliphatic rings. The first-order chi connectivity index (χ1) is 12.2. The van der Waals surface area contributed by atoms with Gasteiger partial charge in [0.15, 0.2) is 0 Å². The molecule has 0 radical (unpaired) electrons. The highest BCUT2D eigenvalue weighted by Crippen LogP contribution is 2.33. The number of aromatic amines is 1. The number of amides is 1. The number of carbonyl (C=O) groups excluding carboxylic acids is 1. The summed E-state index contributed by atoms with van der Waals surface area (Å²) in [5.41, 5.74) is 8.53. The van der Waals surface area contributed by atoms with Crippen molar-refractivity contribution in [3.63, 3.8) is 0 Å². The largest absolute Gasteiger partial charge is 0.346 e. The van der Waals surface area contributed by atoms with Gasteiger partial charge in [-0.1, -0.05) is 26.8 Å². The number of carbonyl (C=O) groups is 1. The summed E-state index contributed by atoms with van der Waals surface area (Å²) < 4.78 is 14.9. The van der Waals surface area contributed by atoms with Crippen LogP contribution in [0, 0.1) is 18.2 Å². The summed E-state index contributed by atoms with van der Waals surface area (Å²) in [4.78, 5) is 19.6. The van der Waals surface area contributed by atoms with Crippen molar-refractivity contribution < 1.29 is 9.18 Å². The average Bonchev–Trinajstić information content (AvgIpc) is 3.06. The first-order valence-electron chi connectivity index (χ1n) is 8.48. The Morgan fingerprint density at radius 1 is 1.23 bits per heavy atom. The van der Waals surface area contributed by atoms with E-state index in [0.29, 0.717) is 5.56 Å². The fourth-order valence-corrected chi connectivity index (χ4v) is 2.87. The second-order valence-corrected chi connectivity index (χ2v) is 7.53. The zero-order valence-electron chi connectivity index (χ0n) is 15.4. The molecule has 4 N–H and O–H groups in total. The molecule has 5 nitrogen and oxygen atoms in total. The lowest BCUT2D eigenvalue weighted by Crippen LogP contribution is -2.45. The molecule has 1 atom stereocenters. The molecular formula is C20H23FN4O. The molecule has 6 heteroatoms. The summed E-state index contributed by atoms with van der Waals surface area (Å²) in [5.74, 6) is -0.863. The molecule has 1 amide bonds. The molecule has 2 aromatic heterocycles. The molecule has 3 rings (SSSR count). The first kappa shape index (κ1) is 18.1. The molecule has 3 aromatic rings. The zero-order valence-corrected chi connectivity index (χ0v) is 15.4. The molecule has 0 saturated heterocycles. The molecular weight excluding hydrogens is 331 g/mol. The van der Waals surface area contributed by atoms with Crippen molar-refractivity contribution >= 4 is 22.6 Å². The average molecular weight is 354 g/mol. The second-order valence-electron chi connectivity index (χ2n) is 7.53. The molecule has 1 aromatic carbocycles. The SMILES string of the molecule is Cc1c(-c2ccnc3[nH]ccc23)ccc(NC(=O)[C@H](N)C(C)(C)C)c1F. The Bertz CT molecular complexity index is 972. The Morgan fingerprint density at radius 2 is 1.96 bits per heavy atom. The van der Waals surface area contributed by atoms with E-state index >= 15 is 0 Å². The molecule has 136 valence electrons. The molecule has 0 unspecified atom stereocenters. The number of nitrogens with zero attached hydrogens (tertiary/aromatic N) is 1. The topological polar surface area (TPSA) is 83.8 Å². The van der Waals surface area contributed by atoms with E-state index in [1.165, 1.54) is 0 Å². The maximum Gasteiger partial charge on any atom is 0.241 e. The van der Waals surface area contributed by atoms with E-state index in [9.17, 15) is 9.18 Å². The van der Waals surface area contributed by atoms with Gasteiger partial charge in [0.25, 0.3) is 0 Å². The van der Waals surface area contributed by atoms with Gasteiger partial charge in [-0.2, -0.15) is 0 Å². The Kier molecular flexibility index (Phi) is 4.54. The lowest BCUT2D eigenvalue weighted by atomic mass is 9.87. The zero-order chi connectivity index (χ0) is 19.1. The van der Waals surface area contributed by atoms with Gasteiger partial charge in [-0.15, -0.1) is 0 Å². The second kappa shape index (κ2) is 6.53. The molecule has 0 aliphatic carbocycles. The van der Waals surface area contributed by atoms with Crippen LogP contribution in [0.25, 0.3) is 22.2 Å². The molecule has 0 saturated carbocycles. The third kappa shape index (κ3) is 3.20. The number of rotatable bonds is 3. The molecule has 0 fully saturated rings. The number of fused-ring (bicyclic) bond motifs is 1. The third-order valence-corrected chi connectivity index (χ3v) is 4.61. The quantitative estimate of drug-likeness (QED) is 0.665. The van der Waals surface area contributed by atoms with Crippen LogP contribution in [0.5, 0.6) is 0 Å². The van der Waals surface area contributed by atoms with Gasteiger partial charge in [-0.3, -0.25) is 4.79 Å². The van der Waals surface area contributed by atoms with E-state index in [1.807, 2.05) is 32.9 Å². The van der Waals surface area contributed by atoms with Crippen molar-refractivity contribution in [2.24, 2.45) is 11.1 Å². The number of aromatic nitrogens is 2. The van der Waals surface area contributed by atoms with Gasteiger partial charge in [0.05, 0.1) is 11.7 Å². The van der Waals surface area contributed by atoms with Crippen LogP contribution in [0.3, 0.4) is 0 Å². The van der Waals surface area contributed by atoms with E-state index in [1.54, 1.807) is 31.5 Å². The summed E-state index contributed by atoms with van der Waals surface area (Å²) in [6, 6.07) is 6.41. The highest BCUT2D eigenvalue weighted by atomic mass is 19.1. The number of halogens is 1. The van der Waals surface area contributed by atoms with E-state index < -0.39 is 23.2 Å². The highest BCUT2D eigenvalue weighted by Gasteiger charge is 2.28. The minimum Gasteiger partial charge on any atom is -0.346 e. The number of H-pyrrole nitrogens is 1. The van der Waals surface area contributed by atoms with Crippen molar-refractivity contribution in [2.45, 2.75) is 33.7 Å². The minimum absolute atomic E-state index is 0.135. The van der Waals surface area contributed by atoms with Gasteiger partial charge in [0, 0.05) is 17.8 Å². The molecule has 26 heavy (non-hydrogen) atoms. The first-order valence-corrected chi connectivity index (χ1v) is 8.48. The Labute approximate surface area is 151 Å². The van der Waals surface area contributed by atoms with Gasteiger partial charge in [0.2, 0.25) is 5.91 Å². The van der Waals surface area contributed by atoms with Crippen molar-refractivity contribution in [3.05, 3.63) is 48.0 Å². The highest BCUT2D eigenvalue weighted by molar-refractivity contribution is 5.97. The fourth-order valence-electron chi connectivity index (χ4n) is 2.87. The maximum atomic E-state index is 14.9. The monoisotopic (exact) mass is 354 g/mol. The third-order valence-electron chi connectivity index (χ3n) is 4.61. The fraction of sp³-hybridized carbons (Fsp3) is 0.300. The predicted octanol–water partition coefficient (Wildman–Crippen LogP) is 3.99. The molecule has 2 heterocycles. The number of hydrogen-bond acceptors (Lipinski definition) is 3. The lowest BCUT2D eigenvalue weighted by Gasteiger charge is -2.26. The Hall–Kier alpha value is -2.73. The van der Waals surface area contributed by atoms with Crippen LogP contribution in [0.1, 0.15) is 26.3 Å². The standard InChI is InChI=1S/C20H23FN4O/c1-11-12(13-7-9-23-18-14(13)8-10-24-18)5-6-15(16(11)21)25-19(26)17(22)20(2,3)4/h5-10,17H,22H2,1-4H3,(H,23,24)(H,25,26)/t17-/m0/s1. The van der Waals surface area contributed by atoms with Gasteiger partial charge in [0.1, 0.15) is 11.5 Å². The summed E-state index contributed by atoms with van der Waals surface area (Å²) in [6.45, 7) is 7.30. The smallest absolute Gasteiger partial charge is 0.241 e. The molecule has 0 aliphatic heterocycles. The number of anilines is 1. The van der Waals surface area contributed by atoms with Crippen molar-refractivity contribution in [3.8, 4) is 11.1 Å². The molecule has 0 spiro atoms. The minimum atomic E-state index is -0.735. The van der Waals surface area contributed by atoms with Crippen LogP contribution in [-0.2, 0) is 4.79 Å². The lowest BCUT2D eigenvalue weighted by molar-refractivity contribution is -0.119. The van der Waals surface area contributed by atoms with Crippen LogP contribution in [0.2, 0.25) is 0 Å². The van der Waals surface area contributed by atoms with Gasteiger partial charge in [-0.05, 0) is 47.2 Å². The number of pyridine rings is 1. The summed E-state index contributed by atoms with van der Waals surface area (Å²) in [6.07, 6.45) is 3.49. The van der Waals surface area contributed by atoms with Crippen LogP contribution < -0.4 is 11.1 Å². The van der Waals surface area contributed by atoms with E-state index in [2.05, 4.69) is 15.3 Å². The summed E-state index contributed by atoms with van der Waals surface area (Å²) in [7, 11) is 0. The van der Waals surface area contributed by atoms with Gasteiger partial charge >= 0.3 is 0 Å². The van der Waals surface area contributed by atoms with Crippen LogP contribution in [0.15, 0.2) is 36.7 Å². The molecule has 0 bridgehead atoms. The number of nitrogens with two attached hydrogens (primary N) is 1. The summed E-state index contributed by atoms with van der Waals surface area (Å²) in [5, 5.41) is 3.53. The Morgan fingerprint density at radius 3 is 2.65 bits per heavy atom. The van der Waals surface area contributed by atoms with Crippen LogP contribution in [0.4, 0.5) is 10.1 Å². The summed E-state index contributed by atoms with van der Waals surface area (Å²) >= 11 is 0. The van der Waals surface area contributed by atoms with Gasteiger partial charge < -0.3 is 16.0 Å². The van der Waals surface area contributed by atoms with Crippen molar-refractivity contribution in [1.29, 1.82) is 0 Å². The predicted molar refractivity (Wildman–Crippen MR) is 102 cm³/mol. The van der Waals surface area contributed by atoms with E-state index in [-0.39, 0.29) is 5.69 Å². The number of hydrogen-bond donors (Lipinski definition) is 3. The Balaban J connectivity index is 1.97. The maximum absolute atomic E-state index is 14.9. The van der Waals surface area contributed by atoms with Crippen LogP contribution in [-0.4, -0.2) is 21.9 Å². The normalized spacial score (nSPS) is 13.0. The van der Waals surface area contributed by atoms with Gasteiger partial charge in [-0.25, -0.2) is 9.37 Å².